The van der Waals surface area contributed by atoms with Gasteiger partial charge in [-0.15, -0.1) is 23.7 Å². The first-order chi connectivity index (χ1) is 15.2. The van der Waals surface area contributed by atoms with Crippen molar-refractivity contribution in [2.24, 2.45) is 5.92 Å². The van der Waals surface area contributed by atoms with Crippen LogP contribution in [0.2, 0.25) is 0 Å². The highest BCUT2D eigenvalue weighted by Crippen LogP contribution is 2.37. The number of aryl methyl sites for hydroxylation is 1. The van der Waals surface area contributed by atoms with Crippen molar-refractivity contribution in [2.75, 3.05) is 6.54 Å². The Balaban J connectivity index is 0.00000245. The number of rotatable bonds is 6. The van der Waals surface area contributed by atoms with Gasteiger partial charge in [-0.05, 0) is 49.4 Å². The normalized spacial score (nSPS) is 24.6. The fourth-order valence-electron chi connectivity index (χ4n) is 4.68. The van der Waals surface area contributed by atoms with Crippen LogP contribution in [0.15, 0.2) is 66.7 Å². The molecule has 2 N–H and O–H groups in total. The average molecular weight is 470 g/mol. The van der Waals surface area contributed by atoms with Crippen LogP contribution in [0.25, 0.3) is 10.4 Å². The molecule has 0 saturated heterocycles. The number of thiophene rings is 1. The number of carbonyl (C=O) groups excluding carboxylic acids is 1. The summed E-state index contributed by atoms with van der Waals surface area (Å²) in [6.45, 7) is 0.606. The van der Waals surface area contributed by atoms with Gasteiger partial charge in [0.05, 0.1) is 0 Å². The number of carbonyl (C=O) groups is 1. The molecular weight excluding hydrogens is 442 g/mol. The van der Waals surface area contributed by atoms with E-state index in [1.807, 2.05) is 48.5 Å². The van der Waals surface area contributed by atoms with Crippen LogP contribution in [0.3, 0.4) is 0 Å². The molecule has 2 aliphatic carbocycles. The van der Waals surface area contributed by atoms with Crippen LogP contribution in [-0.2, 0) is 6.42 Å². The lowest BCUT2D eigenvalue weighted by atomic mass is 9.86. The summed E-state index contributed by atoms with van der Waals surface area (Å²) in [5.74, 6) is 0.984. The second-order valence-electron chi connectivity index (χ2n) is 8.47. The van der Waals surface area contributed by atoms with E-state index in [0.717, 1.165) is 37.0 Å². The van der Waals surface area contributed by atoms with Gasteiger partial charge in [-0.25, -0.2) is 0 Å². The van der Waals surface area contributed by atoms with Gasteiger partial charge >= 0.3 is 0 Å². The lowest BCUT2D eigenvalue weighted by Crippen LogP contribution is -2.44. The Morgan fingerprint density at radius 2 is 1.72 bits per heavy atom. The average Bonchev–Trinajstić information content (AvgIpc) is 3.39. The molecule has 4 unspecified atom stereocenters. The van der Waals surface area contributed by atoms with Crippen molar-refractivity contribution < 1.29 is 14.6 Å². The summed E-state index contributed by atoms with van der Waals surface area (Å²) in [4.78, 5) is 15.5. The predicted octanol–water partition coefficient (Wildman–Crippen LogP) is 5.14. The zero-order valence-corrected chi connectivity index (χ0v) is 19.4. The Bertz CT molecular complexity index is 1040. The third-order valence-corrected chi connectivity index (χ3v) is 7.68. The molecule has 2 aromatic carbocycles. The van der Waals surface area contributed by atoms with Gasteiger partial charge in [0.15, 0.2) is 5.78 Å². The van der Waals surface area contributed by atoms with Crippen LogP contribution in [0, 0.1) is 5.92 Å². The summed E-state index contributed by atoms with van der Waals surface area (Å²) in [6.07, 6.45) is 2.68. The molecule has 0 bridgehead atoms. The van der Waals surface area contributed by atoms with Crippen LogP contribution < -0.4 is 10.1 Å². The van der Waals surface area contributed by atoms with Gasteiger partial charge in [0.1, 0.15) is 18.0 Å². The Morgan fingerprint density at radius 3 is 2.47 bits per heavy atom. The Kier molecular flexibility index (Phi) is 7.31. The number of Topliss-reactive ketones (excluding diaryl/α,β-unsaturated/α-hetero) is 1. The zero-order valence-electron chi connectivity index (χ0n) is 17.8. The molecule has 0 amide bonds. The number of fused-ring (bicyclic) bond motifs is 1. The molecule has 5 rings (SSSR count). The van der Waals surface area contributed by atoms with Gasteiger partial charge < -0.3 is 15.2 Å². The number of nitrogens with one attached hydrogen (secondary N) is 1. The number of aliphatic hydroxyl groups excluding tert-OH is 1. The molecule has 0 spiro atoms. The monoisotopic (exact) mass is 469 g/mol. The third-order valence-electron chi connectivity index (χ3n) is 6.44. The highest BCUT2D eigenvalue weighted by atomic mass is 35.5. The quantitative estimate of drug-likeness (QED) is 0.524. The minimum Gasteiger partial charge on any atom is -0.488 e. The standard InChI is InChI=1S/C26H27NO3S.ClH/c28-25-18(11-14-23-20(25)15-24(31-23)17-7-3-1-4-8-17)16-27-21-12-13-22(26(21)29)30-19-9-5-2-6-10-19;/h1-10,15,18,21-22,26-27,29H,11-14,16H2;1H. The van der Waals surface area contributed by atoms with Crippen LogP contribution in [-0.4, -0.2) is 35.7 Å². The first-order valence-electron chi connectivity index (χ1n) is 11.0. The Labute approximate surface area is 199 Å². The fraction of sp³-hybridized carbons (Fsp3) is 0.346. The topological polar surface area (TPSA) is 58.6 Å². The Morgan fingerprint density at radius 1 is 1.00 bits per heavy atom. The van der Waals surface area contributed by atoms with E-state index in [1.165, 1.54) is 15.3 Å². The lowest BCUT2D eigenvalue weighted by Gasteiger charge is -2.25. The number of hydrogen-bond acceptors (Lipinski definition) is 5. The van der Waals surface area contributed by atoms with Crippen molar-refractivity contribution in [3.05, 3.63) is 77.2 Å². The first kappa shape index (κ1) is 23.0. The molecule has 1 aromatic heterocycles. The molecule has 2 aliphatic rings. The molecule has 168 valence electrons. The summed E-state index contributed by atoms with van der Waals surface area (Å²) in [5, 5.41) is 14.2. The van der Waals surface area contributed by atoms with Crippen molar-refractivity contribution >= 4 is 29.5 Å². The molecule has 3 aromatic rings. The van der Waals surface area contributed by atoms with Gasteiger partial charge in [-0.3, -0.25) is 4.79 Å². The molecule has 4 nitrogen and oxygen atoms in total. The summed E-state index contributed by atoms with van der Waals surface area (Å²) in [6, 6.07) is 21.9. The van der Waals surface area contributed by atoms with Gasteiger partial charge in [-0.2, -0.15) is 0 Å². The molecule has 1 saturated carbocycles. The molecule has 1 heterocycles. The van der Waals surface area contributed by atoms with E-state index in [1.54, 1.807) is 11.3 Å². The second-order valence-corrected chi connectivity index (χ2v) is 9.60. The zero-order chi connectivity index (χ0) is 21.2. The van der Waals surface area contributed by atoms with Gasteiger partial charge in [0.25, 0.3) is 0 Å². The molecule has 1 fully saturated rings. The minimum atomic E-state index is -0.569. The van der Waals surface area contributed by atoms with Crippen LogP contribution >= 0.6 is 23.7 Å². The second kappa shape index (κ2) is 10.2. The fourth-order valence-corrected chi connectivity index (χ4v) is 5.87. The summed E-state index contributed by atoms with van der Waals surface area (Å²) >= 11 is 1.74. The number of benzene rings is 2. The number of ether oxygens (including phenoxy) is 1. The van der Waals surface area contributed by atoms with E-state index in [2.05, 4.69) is 23.5 Å². The maximum atomic E-state index is 13.1. The highest BCUT2D eigenvalue weighted by molar-refractivity contribution is 7.15. The van der Waals surface area contributed by atoms with Crippen molar-refractivity contribution in [3.63, 3.8) is 0 Å². The van der Waals surface area contributed by atoms with E-state index in [9.17, 15) is 9.90 Å². The van der Waals surface area contributed by atoms with Crippen LogP contribution in [0.5, 0.6) is 5.75 Å². The molecule has 4 atom stereocenters. The highest BCUT2D eigenvalue weighted by Gasteiger charge is 2.37. The maximum absolute atomic E-state index is 13.1. The molecule has 6 heteroatoms. The summed E-state index contributed by atoms with van der Waals surface area (Å²) < 4.78 is 5.97. The van der Waals surface area contributed by atoms with Gasteiger partial charge in [-0.1, -0.05) is 48.5 Å². The van der Waals surface area contributed by atoms with Crippen molar-refractivity contribution in [3.8, 4) is 16.2 Å². The SMILES string of the molecule is Cl.O=C1c2cc(-c3ccccc3)sc2CCC1CNC1CCC(Oc2ccccc2)C1O. The molecular formula is C26H28ClNO3S. The third kappa shape index (κ3) is 4.76. The largest absolute Gasteiger partial charge is 0.488 e. The van der Waals surface area contributed by atoms with Gasteiger partial charge in [0.2, 0.25) is 0 Å². The molecule has 32 heavy (non-hydrogen) atoms. The Hall–Kier alpha value is -2.18. The predicted molar refractivity (Wildman–Crippen MR) is 131 cm³/mol. The van der Waals surface area contributed by atoms with Crippen LogP contribution in [0.1, 0.15) is 34.5 Å². The van der Waals surface area contributed by atoms with E-state index >= 15 is 0 Å². The summed E-state index contributed by atoms with van der Waals surface area (Å²) in [5.41, 5.74) is 2.06. The number of aliphatic hydroxyl groups is 1. The number of para-hydroxylation sites is 1. The van der Waals surface area contributed by atoms with Crippen LogP contribution in [0.4, 0.5) is 0 Å². The van der Waals surface area contributed by atoms with E-state index in [0.29, 0.717) is 6.54 Å². The number of hydrogen-bond donors (Lipinski definition) is 2. The van der Waals surface area contributed by atoms with Crippen molar-refractivity contribution in [1.29, 1.82) is 0 Å². The molecule has 0 radical (unpaired) electrons. The number of ketones is 1. The van der Waals surface area contributed by atoms with Gasteiger partial charge in [0, 0.05) is 33.8 Å². The minimum absolute atomic E-state index is 0. The smallest absolute Gasteiger partial charge is 0.168 e. The van der Waals surface area contributed by atoms with E-state index in [-0.39, 0.29) is 36.3 Å². The van der Waals surface area contributed by atoms with E-state index in [4.69, 9.17) is 4.74 Å². The van der Waals surface area contributed by atoms with Crippen molar-refractivity contribution in [2.45, 2.75) is 43.9 Å². The molecule has 0 aliphatic heterocycles. The van der Waals surface area contributed by atoms with E-state index < -0.39 is 6.10 Å². The first-order valence-corrected chi connectivity index (χ1v) is 11.9. The summed E-state index contributed by atoms with van der Waals surface area (Å²) in [7, 11) is 0. The number of halogens is 1. The lowest BCUT2D eigenvalue weighted by molar-refractivity contribution is 0.0442. The maximum Gasteiger partial charge on any atom is 0.168 e. The van der Waals surface area contributed by atoms with Crippen molar-refractivity contribution in [1.82, 2.24) is 5.32 Å².